The lowest BCUT2D eigenvalue weighted by molar-refractivity contribution is 0.0998. The second-order valence-corrected chi connectivity index (χ2v) is 6.98. The van der Waals surface area contributed by atoms with Crippen LogP contribution in [0.25, 0.3) is 0 Å². The maximum absolute atomic E-state index is 14.2. The molecule has 0 unspecified atom stereocenters. The first-order chi connectivity index (χ1) is 10.1. The summed E-state index contributed by atoms with van der Waals surface area (Å²) in [6.45, 7) is 3.77. The van der Waals surface area contributed by atoms with Crippen LogP contribution in [0, 0.1) is 5.82 Å². The first kappa shape index (κ1) is 18.1. The number of nitrogens with zero attached hydrogens (tertiary/aromatic N) is 1. The highest BCUT2D eigenvalue weighted by Crippen LogP contribution is 2.31. The molecule has 1 rings (SSSR count). The van der Waals surface area contributed by atoms with Gasteiger partial charge in [-0.25, -0.2) is 12.8 Å². The van der Waals surface area contributed by atoms with Gasteiger partial charge in [0.05, 0.1) is 10.5 Å². The number of hydrogen-bond acceptors (Lipinski definition) is 3. The van der Waals surface area contributed by atoms with Crippen molar-refractivity contribution in [2.24, 2.45) is 16.5 Å². The number of benzene rings is 1. The van der Waals surface area contributed by atoms with Crippen LogP contribution < -0.4 is 11.5 Å². The number of carbonyl (C=O) groups is 1. The van der Waals surface area contributed by atoms with E-state index in [1.807, 2.05) is 13.8 Å². The lowest BCUT2D eigenvalue weighted by Gasteiger charge is -2.17. The van der Waals surface area contributed by atoms with E-state index < -0.39 is 33.1 Å². The number of nitrogens with two attached hydrogens (primary N) is 2. The van der Waals surface area contributed by atoms with E-state index in [4.69, 9.17) is 11.5 Å². The van der Waals surface area contributed by atoms with Crippen LogP contribution in [-0.4, -0.2) is 26.5 Å². The molecule has 0 saturated carbocycles. The Balaban J connectivity index is 3.62. The monoisotopic (exact) mass is 329 g/mol. The van der Waals surface area contributed by atoms with Crippen molar-refractivity contribution in [1.29, 1.82) is 0 Å². The number of amides is 1. The van der Waals surface area contributed by atoms with Crippen LogP contribution in [0.2, 0.25) is 0 Å². The number of halogens is 1. The Labute approximate surface area is 129 Å². The summed E-state index contributed by atoms with van der Waals surface area (Å²) in [5, 5.41) is 0. The summed E-state index contributed by atoms with van der Waals surface area (Å²) in [6, 6.07) is 2.09. The van der Waals surface area contributed by atoms with Gasteiger partial charge in [0, 0.05) is 6.26 Å². The molecule has 1 aromatic carbocycles. The van der Waals surface area contributed by atoms with E-state index in [9.17, 15) is 17.6 Å². The van der Waals surface area contributed by atoms with Crippen LogP contribution in [0.3, 0.4) is 0 Å². The summed E-state index contributed by atoms with van der Waals surface area (Å²) in [5.74, 6) is -2.50. The smallest absolute Gasteiger partial charge is 0.283 e. The molecule has 0 aliphatic rings. The average Bonchev–Trinajstić information content (AvgIpc) is 2.37. The third-order valence-corrected chi connectivity index (χ3v) is 4.54. The molecule has 8 heteroatoms. The van der Waals surface area contributed by atoms with E-state index >= 15 is 0 Å². The lowest BCUT2D eigenvalue weighted by atomic mass is 9.93. The van der Waals surface area contributed by atoms with Gasteiger partial charge in [-0.2, -0.15) is 4.99 Å². The first-order valence-electron chi connectivity index (χ1n) is 6.79. The highest BCUT2D eigenvalue weighted by molar-refractivity contribution is 7.90. The fourth-order valence-electron chi connectivity index (χ4n) is 2.28. The van der Waals surface area contributed by atoms with Crippen LogP contribution in [0.15, 0.2) is 22.0 Å². The molecule has 122 valence electrons. The quantitative estimate of drug-likeness (QED) is 0.483. The van der Waals surface area contributed by atoms with Crippen molar-refractivity contribution in [2.75, 3.05) is 6.26 Å². The van der Waals surface area contributed by atoms with Gasteiger partial charge in [0.25, 0.3) is 5.91 Å². The molecular weight excluding hydrogens is 309 g/mol. The number of sulfone groups is 1. The number of aliphatic imine (C=N–C) groups is 1. The van der Waals surface area contributed by atoms with Gasteiger partial charge >= 0.3 is 0 Å². The zero-order valence-electron chi connectivity index (χ0n) is 12.8. The molecule has 0 saturated heterocycles. The molecule has 0 aliphatic carbocycles. The maximum Gasteiger partial charge on any atom is 0.283 e. The van der Waals surface area contributed by atoms with Crippen LogP contribution in [0.5, 0.6) is 0 Å². The Morgan fingerprint density at radius 2 is 1.82 bits per heavy atom. The van der Waals surface area contributed by atoms with Gasteiger partial charge in [0.2, 0.25) is 0 Å². The summed E-state index contributed by atoms with van der Waals surface area (Å²) in [4.78, 5) is 15.0. The van der Waals surface area contributed by atoms with Crippen molar-refractivity contribution in [3.05, 3.63) is 29.1 Å². The summed E-state index contributed by atoms with van der Waals surface area (Å²) < 4.78 is 38.1. The molecule has 0 aliphatic heterocycles. The van der Waals surface area contributed by atoms with Crippen LogP contribution in [0.4, 0.5) is 4.39 Å². The third-order valence-electron chi connectivity index (χ3n) is 3.39. The molecule has 22 heavy (non-hydrogen) atoms. The summed E-state index contributed by atoms with van der Waals surface area (Å²) in [6.07, 6.45) is 2.32. The lowest BCUT2D eigenvalue weighted by Crippen LogP contribution is -2.24. The predicted octanol–water partition coefficient (Wildman–Crippen LogP) is 1.55. The molecule has 0 heterocycles. The van der Waals surface area contributed by atoms with E-state index in [0.717, 1.165) is 18.4 Å². The Morgan fingerprint density at radius 1 is 1.27 bits per heavy atom. The Bertz CT molecular complexity index is 706. The van der Waals surface area contributed by atoms with E-state index in [1.165, 1.54) is 0 Å². The van der Waals surface area contributed by atoms with Gasteiger partial charge in [-0.3, -0.25) is 4.79 Å². The molecule has 0 atom stereocenters. The highest BCUT2D eigenvalue weighted by Gasteiger charge is 2.24. The molecule has 0 bridgehead atoms. The van der Waals surface area contributed by atoms with Crippen LogP contribution >= 0.6 is 0 Å². The van der Waals surface area contributed by atoms with Crippen molar-refractivity contribution in [1.82, 2.24) is 0 Å². The fraction of sp³-hybridized carbons (Fsp3) is 0.429. The molecule has 0 aromatic heterocycles. The standard InChI is InChI=1S/C14H20FN3O3S/c1-4-8(5-2)9-6-11(15)10(13(19)18-14(16)17)7-12(9)22(3,20)21/h6-8H,4-5H2,1-3H3,(H4,16,17,18,19). The summed E-state index contributed by atoms with van der Waals surface area (Å²) >= 11 is 0. The van der Waals surface area contributed by atoms with Crippen molar-refractivity contribution in [2.45, 2.75) is 37.5 Å². The van der Waals surface area contributed by atoms with Gasteiger partial charge in [-0.05, 0) is 36.5 Å². The normalized spacial score (nSPS) is 11.5. The highest BCUT2D eigenvalue weighted by atomic mass is 32.2. The zero-order valence-corrected chi connectivity index (χ0v) is 13.6. The second kappa shape index (κ2) is 6.87. The minimum atomic E-state index is -3.63. The largest absolute Gasteiger partial charge is 0.370 e. The zero-order chi connectivity index (χ0) is 17.1. The minimum absolute atomic E-state index is 0.0725. The second-order valence-electron chi connectivity index (χ2n) is 5.00. The van der Waals surface area contributed by atoms with E-state index in [2.05, 4.69) is 4.99 Å². The van der Waals surface area contributed by atoms with Gasteiger partial charge in [-0.15, -0.1) is 0 Å². The third kappa shape index (κ3) is 4.03. The van der Waals surface area contributed by atoms with Crippen molar-refractivity contribution < 1.29 is 17.6 Å². The fourth-order valence-corrected chi connectivity index (χ4v) is 3.26. The Morgan fingerprint density at radius 3 is 2.23 bits per heavy atom. The molecule has 0 fully saturated rings. The van der Waals surface area contributed by atoms with Crippen molar-refractivity contribution in [3.63, 3.8) is 0 Å². The van der Waals surface area contributed by atoms with Crippen LogP contribution in [-0.2, 0) is 9.84 Å². The first-order valence-corrected chi connectivity index (χ1v) is 8.68. The Hall–Kier alpha value is -1.96. The van der Waals surface area contributed by atoms with Gasteiger partial charge in [0.1, 0.15) is 5.82 Å². The maximum atomic E-state index is 14.2. The molecule has 1 amide bonds. The van der Waals surface area contributed by atoms with Gasteiger partial charge in [-0.1, -0.05) is 13.8 Å². The van der Waals surface area contributed by atoms with E-state index in [1.54, 1.807) is 0 Å². The summed E-state index contributed by atoms with van der Waals surface area (Å²) in [7, 11) is -3.63. The van der Waals surface area contributed by atoms with Crippen LogP contribution in [0.1, 0.15) is 48.5 Å². The van der Waals surface area contributed by atoms with Gasteiger partial charge in [0.15, 0.2) is 15.8 Å². The Kier molecular flexibility index (Phi) is 5.65. The molecule has 6 nitrogen and oxygen atoms in total. The molecular formula is C14H20FN3O3S. The number of guanidine groups is 1. The van der Waals surface area contributed by atoms with Gasteiger partial charge < -0.3 is 11.5 Å². The number of hydrogen-bond donors (Lipinski definition) is 2. The SMILES string of the molecule is CCC(CC)c1cc(F)c(C(=O)N=C(N)N)cc1S(C)(=O)=O. The van der Waals surface area contributed by atoms with Crippen molar-refractivity contribution in [3.8, 4) is 0 Å². The number of rotatable bonds is 5. The average molecular weight is 329 g/mol. The minimum Gasteiger partial charge on any atom is -0.370 e. The summed E-state index contributed by atoms with van der Waals surface area (Å²) in [5.41, 5.74) is 10.1. The van der Waals surface area contributed by atoms with Crippen molar-refractivity contribution >= 4 is 21.7 Å². The van der Waals surface area contributed by atoms with E-state index in [-0.39, 0.29) is 10.8 Å². The molecule has 1 aromatic rings. The van der Waals surface area contributed by atoms with E-state index in [0.29, 0.717) is 18.4 Å². The molecule has 0 radical (unpaired) electrons. The number of carbonyl (C=O) groups excluding carboxylic acids is 1. The predicted molar refractivity (Wildman–Crippen MR) is 83.0 cm³/mol. The topological polar surface area (TPSA) is 116 Å². The molecule has 4 N–H and O–H groups in total. The molecule has 0 spiro atoms.